The fraction of sp³-hybridized carbons (Fsp3) is 0.429. The van der Waals surface area contributed by atoms with Crippen LogP contribution in [0.4, 0.5) is 0 Å². The maximum absolute atomic E-state index is 5.36. The van der Waals surface area contributed by atoms with E-state index in [0.29, 0.717) is 17.5 Å². The zero-order chi connectivity index (χ0) is 15.7. The molecular formula is C14H17N5O2S. The van der Waals surface area contributed by atoms with E-state index in [-0.39, 0.29) is 11.2 Å². The van der Waals surface area contributed by atoms with Gasteiger partial charge in [-0.25, -0.2) is 0 Å². The lowest BCUT2D eigenvalue weighted by Gasteiger charge is -2.05. The van der Waals surface area contributed by atoms with Gasteiger partial charge in [0.2, 0.25) is 5.89 Å². The summed E-state index contributed by atoms with van der Waals surface area (Å²) in [5.74, 6) is 2.94. The molecule has 0 aliphatic heterocycles. The Balaban J connectivity index is 1.78. The van der Waals surface area contributed by atoms with E-state index in [1.165, 1.54) is 11.8 Å². The molecule has 0 bridgehead atoms. The molecule has 0 fully saturated rings. The smallest absolute Gasteiger partial charge is 0.239 e. The second-order valence-electron chi connectivity index (χ2n) is 5.25. The van der Waals surface area contributed by atoms with Crippen LogP contribution < -0.4 is 0 Å². The maximum atomic E-state index is 5.36. The Morgan fingerprint density at radius 3 is 2.68 bits per heavy atom. The van der Waals surface area contributed by atoms with E-state index < -0.39 is 0 Å². The highest BCUT2D eigenvalue weighted by atomic mass is 32.2. The Bertz CT molecular complexity index is 747. The molecule has 3 aromatic heterocycles. The highest BCUT2D eigenvalue weighted by Crippen LogP contribution is 2.34. The molecule has 116 valence electrons. The van der Waals surface area contributed by atoms with Crippen molar-refractivity contribution in [1.82, 2.24) is 24.9 Å². The average molecular weight is 319 g/mol. The van der Waals surface area contributed by atoms with E-state index in [0.717, 1.165) is 11.0 Å². The first-order chi connectivity index (χ1) is 10.6. The first kappa shape index (κ1) is 14.8. The number of furan rings is 1. The summed E-state index contributed by atoms with van der Waals surface area (Å²) < 4.78 is 12.6. The third kappa shape index (κ3) is 2.78. The van der Waals surface area contributed by atoms with Crippen LogP contribution in [0.2, 0.25) is 0 Å². The molecule has 7 nitrogen and oxygen atoms in total. The Morgan fingerprint density at radius 2 is 2.05 bits per heavy atom. The van der Waals surface area contributed by atoms with Gasteiger partial charge in [-0.2, -0.15) is 4.98 Å². The van der Waals surface area contributed by atoms with E-state index in [2.05, 4.69) is 20.3 Å². The lowest BCUT2D eigenvalue weighted by Crippen LogP contribution is -1.97. The summed E-state index contributed by atoms with van der Waals surface area (Å²) >= 11 is 1.52. The van der Waals surface area contributed by atoms with Crippen molar-refractivity contribution in [1.29, 1.82) is 0 Å². The lowest BCUT2D eigenvalue weighted by atomic mass is 10.2. The Hall–Kier alpha value is -2.09. The fourth-order valence-corrected chi connectivity index (χ4v) is 2.74. The molecule has 1 unspecified atom stereocenters. The molecule has 8 heteroatoms. The van der Waals surface area contributed by atoms with Crippen LogP contribution in [0, 0.1) is 0 Å². The van der Waals surface area contributed by atoms with Gasteiger partial charge in [0, 0.05) is 13.0 Å². The van der Waals surface area contributed by atoms with Gasteiger partial charge in [0.05, 0.1) is 11.5 Å². The largest absolute Gasteiger partial charge is 0.461 e. The lowest BCUT2D eigenvalue weighted by molar-refractivity contribution is 0.373. The van der Waals surface area contributed by atoms with Crippen molar-refractivity contribution in [3.63, 3.8) is 0 Å². The zero-order valence-electron chi connectivity index (χ0n) is 12.8. The standard InChI is InChI=1S/C14H17N5O2S/c1-8(2)11-15-13(21-18-11)9(3)22-14-17-16-12(19(14)4)10-6-5-7-20-10/h5-9H,1-4H3. The number of nitrogens with zero attached hydrogens (tertiary/aromatic N) is 5. The zero-order valence-corrected chi connectivity index (χ0v) is 13.7. The van der Waals surface area contributed by atoms with Crippen molar-refractivity contribution in [2.75, 3.05) is 0 Å². The highest BCUT2D eigenvalue weighted by Gasteiger charge is 2.21. The topological polar surface area (TPSA) is 82.8 Å². The Kier molecular flexibility index (Phi) is 4.02. The van der Waals surface area contributed by atoms with Gasteiger partial charge in [-0.05, 0) is 19.1 Å². The normalized spacial score (nSPS) is 13.0. The first-order valence-corrected chi connectivity index (χ1v) is 7.87. The second-order valence-corrected chi connectivity index (χ2v) is 6.56. The Morgan fingerprint density at radius 1 is 1.23 bits per heavy atom. The van der Waals surface area contributed by atoms with Gasteiger partial charge in [0.15, 0.2) is 22.6 Å². The van der Waals surface area contributed by atoms with Crippen molar-refractivity contribution in [3.05, 3.63) is 30.1 Å². The molecule has 3 rings (SSSR count). The molecule has 0 spiro atoms. The Labute approximate surface area is 132 Å². The second kappa shape index (κ2) is 5.96. The summed E-state index contributed by atoms with van der Waals surface area (Å²) in [7, 11) is 1.90. The number of rotatable bonds is 5. The van der Waals surface area contributed by atoms with Gasteiger partial charge in [-0.3, -0.25) is 0 Å². The number of aromatic nitrogens is 5. The predicted molar refractivity (Wildman–Crippen MR) is 81.4 cm³/mol. The van der Waals surface area contributed by atoms with Crippen LogP contribution in [-0.4, -0.2) is 24.9 Å². The summed E-state index contributed by atoms with van der Waals surface area (Å²) in [4.78, 5) is 4.42. The van der Waals surface area contributed by atoms with Crippen LogP contribution in [0.3, 0.4) is 0 Å². The van der Waals surface area contributed by atoms with Gasteiger partial charge < -0.3 is 13.5 Å². The third-order valence-electron chi connectivity index (χ3n) is 3.18. The average Bonchev–Trinajstić information content (AvgIpc) is 3.19. The van der Waals surface area contributed by atoms with Crippen molar-refractivity contribution in [3.8, 4) is 11.6 Å². The summed E-state index contributed by atoms with van der Waals surface area (Å²) in [6, 6.07) is 3.68. The molecule has 0 saturated heterocycles. The summed E-state index contributed by atoms with van der Waals surface area (Å²) in [5.41, 5.74) is 0. The van der Waals surface area contributed by atoms with E-state index in [4.69, 9.17) is 8.94 Å². The van der Waals surface area contributed by atoms with E-state index in [9.17, 15) is 0 Å². The van der Waals surface area contributed by atoms with Crippen LogP contribution in [0.1, 0.15) is 43.7 Å². The molecule has 1 atom stereocenters. The van der Waals surface area contributed by atoms with Crippen molar-refractivity contribution in [2.45, 2.75) is 37.1 Å². The molecule has 0 radical (unpaired) electrons. The minimum Gasteiger partial charge on any atom is -0.461 e. The van der Waals surface area contributed by atoms with E-state index in [1.54, 1.807) is 6.26 Å². The van der Waals surface area contributed by atoms with Crippen LogP contribution in [0.15, 0.2) is 32.5 Å². The molecule has 3 heterocycles. The quantitative estimate of drug-likeness (QED) is 0.666. The van der Waals surface area contributed by atoms with Crippen LogP contribution in [0.5, 0.6) is 0 Å². The SMILES string of the molecule is CC(C)c1noc(C(C)Sc2nnc(-c3ccco3)n2C)n1. The van der Waals surface area contributed by atoms with Gasteiger partial charge in [-0.15, -0.1) is 10.2 Å². The van der Waals surface area contributed by atoms with Gasteiger partial charge in [-0.1, -0.05) is 30.8 Å². The van der Waals surface area contributed by atoms with Gasteiger partial charge in [0.1, 0.15) is 0 Å². The van der Waals surface area contributed by atoms with Crippen LogP contribution in [-0.2, 0) is 7.05 Å². The molecule has 0 aromatic carbocycles. The van der Waals surface area contributed by atoms with Crippen molar-refractivity contribution in [2.24, 2.45) is 7.05 Å². The summed E-state index contributed by atoms with van der Waals surface area (Å²) in [6.07, 6.45) is 1.62. The van der Waals surface area contributed by atoms with Crippen LogP contribution in [0.25, 0.3) is 11.6 Å². The minimum absolute atomic E-state index is 0.00708. The molecule has 0 aliphatic carbocycles. The molecular weight excluding hydrogens is 302 g/mol. The highest BCUT2D eigenvalue weighted by molar-refractivity contribution is 7.99. The minimum atomic E-state index is -0.00708. The molecule has 0 aliphatic rings. The first-order valence-electron chi connectivity index (χ1n) is 6.99. The van der Waals surface area contributed by atoms with E-state index in [1.807, 2.05) is 44.5 Å². The molecule has 22 heavy (non-hydrogen) atoms. The predicted octanol–water partition coefficient (Wildman–Crippen LogP) is 3.43. The molecule has 0 saturated carbocycles. The maximum Gasteiger partial charge on any atom is 0.239 e. The van der Waals surface area contributed by atoms with Crippen molar-refractivity contribution < 1.29 is 8.94 Å². The number of hydrogen-bond acceptors (Lipinski definition) is 7. The number of thioether (sulfide) groups is 1. The number of hydrogen-bond donors (Lipinski definition) is 0. The molecule has 3 aromatic rings. The third-order valence-corrected chi connectivity index (χ3v) is 4.30. The van der Waals surface area contributed by atoms with Gasteiger partial charge in [0.25, 0.3) is 0 Å². The monoisotopic (exact) mass is 319 g/mol. The molecule has 0 amide bonds. The van der Waals surface area contributed by atoms with Gasteiger partial charge >= 0.3 is 0 Å². The fourth-order valence-electron chi connectivity index (χ4n) is 1.89. The van der Waals surface area contributed by atoms with Crippen molar-refractivity contribution >= 4 is 11.8 Å². The summed E-state index contributed by atoms with van der Waals surface area (Å²) in [5, 5.41) is 13.1. The van der Waals surface area contributed by atoms with E-state index >= 15 is 0 Å². The van der Waals surface area contributed by atoms with Crippen LogP contribution >= 0.6 is 11.8 Å². The molecule has 0 N–H and O–H groups in total. The summed E-state index contributed by atoms with van der Waals surface area (Å²) in [6.45, 7) is 6.07.